The fourth-order valence-electron chi connectivity index (χ4n) is 2.82. The quantitative estimate of drug-likeness (QED) is 0.124. The van der Waals surface area contributed by atoms with Gasteiger partial charge in [-0.15, -0.1) is 0 Å². The number of anilines is 3. The molecular formula is C22H19F4N3O5S2. The summed E-state index contributed by atoms with van der Waals surface area (Å²) in [6.07, 6.45) is 0.916. The first-order valence-corrected chi connectivity index (χ1v) is 12.6. The zero-order valence-corrected chi connectivity index (χ0v) is 20.0. The standard InChI is InChI=1S/C22H19F4N3O5S2/c1-36(32,33)29-18-10-15(6-8-19(18)30)28-21(31)27-14-4-2-13(3-5-14)12-34-16-7-9-20(17(23)11-16)35-22(24,25)26/h2-11,29-30H,12H2,1H3,(H2,27,28,31). The highest BCUT2D eigenvalue weighted by molar-refractivity contribution is 8.00. The minimum atomic E-state index is -4.60. The van der Waals surface area contributed by atoms with Crippen molar-refractivity contribution in [1.29, 1.82) is 0 Å². The van der Waals surface area contributed by atoms with E-state index in [2.05, 4.69) is 15.4 Å². The molecule has 0 unspecified atom stereocenters. The molecule has 192 valence electrons. The van der Waals surface area contributed by atoms with Crippen molar-refractivity contribution < 1.29 is 40.6 Å². The van der Waals surface area contributed by atoms with Gasteiger partial charge < -0.3 is 20.5 Å². The second kappa shape index (κ2) is 11.0. The third kappa shape index (κ3) is 8.53. The first-order chi connectivity index (χ1) is 16.8. The number of urea groups is 1. The third-order valence-corrected chi connectivity index (χ3v) is 5.67. The van der Waals surface area contributed by atoms with Gasteiger partial charge >= 0.3 is 11.5 Å². The number of phenolic OH excluding ortho intramolecular Hbond substituents is 1. The van der Waals surface area contributed by atoms with Crippen LogP contribution in [0.2, 0.25) is 0 Å². The van der Waals surface area contributed by atoms with Gasteiger partial charge in [0.05, 0.1) is 16.8 Å². The largest absolute Gasteiger partial charge is 0.506 e. The average Bonchev–Trinajstić information content (AvgIpc) is 2.75. The smallest absolute Gasteiger partial charge is 0.446 e. The number of rotatable bonds is 8. The number of phenols is 1. The molecule has 8 nitrogen and oxygen atoms in total. The molecule has 36 heavy (non-hydrogen) atoms. The van der Waals surface area contributed by atoms with Crippen LogP contribution in [0.25, 0.3) is 0 Å². The number of nitrogens with one attached hydrogen (secondary N) is 3. The van der Waals surface area contributed by atoms with Gasteiger partial charge in [-0.05, 0) is 59.8 Å². The van der Waals surface area contributed by atoms with Gasteiger partial charge in [-0.2, -0.15) is 13.2 Å². The summed E-state index contributed by atoms with van der Waals surface area (Å²) in [5.74, 6) is -1.31. The van der Waals surface area contributed by atoms with Gasteiger partial charge in [0.25, 0.3) is 0 Å². The maximum atomic E-state index is 13.9. The number of sulfonamides is 1. The van der Waals surface area contributed by atoms with Crippen molar-refractivity contribution in [2.24, 2.45) is 0 Å². The Balaban J connectivity index is 1.55. The highest BCUT2D eigenvalue weighted by atomic mass is 32.2. The molecule has 0 aromatic heterocycles. The van der Waals surface area contributed by atoms with Crippen molar-refractivity contribution in [3.8, 4) is 11.5 Å². The molecule has 3 aromatic carbocycles. The SMILES string of the molecule is CS(=O)(=O)Nc1cc(NC(=O)Nc2ccc(COc3ccc(SC(F)(F)F)c(F)c3)cc2)ccc1O. The number of aromatic hydroxyl groups is 1. The van der Waals surface area contributed by atoms with E-state index in [-0.39, 0.29) is 29.5 Å². The molecule has 0 spiro atoms. The van der Waals surface area contributed by atoms with E-state index in [4.69, 9.17) is 4.74 Å². The fourth-order valence-corrected chi connectivity index (χ4v) is 3.92. The summed E-state index contributed by atoms with van der Waals surface area (Å²) in [5.41, 5.74) is -3.44. The Morgan fingerprint density at radius 2 is 1.64 bits per heavy atom. The molecule has 14 heteroatoms. The lowest BCUT2D eigenvalue weighted by atomic mass is 10.2. The van der Waals surface area contributed by atoms with Gasteiger partial charge in [-0.3, -0.25) is 4.72 Å². The first-order valence-electron chi connectivity index (χ1n) is 9.93. The summed E-state index contributed by atoms with van der Waals surface area (Å²) in [6, 6.07) is 12.7. The maximum Gasteiger partial charge on any atom is 0.446 e. The molecule has 0 bridgehead atoms. The fraction of sp³-hybridized carbons (Fsp3) is 0.136. The van der Waals surface area contributed by atoms with E-state index in [1.54, 1.807) is 24.3 Å². The normalized spacial score (nSPS) is 11.6. The van der Waals surface area contributed by atoms with Gasteiger partial charge in [-0.1, -0.05) is 12.1 Å². The van der Waals surface area contributed by atoms with E-state index in [0.717, 1.165) is 18.4 Å². The van der Waals surface area contributed by atoms with E-state index in [1.807, 2.05) is 0 Å². The van der Waals surface area contributed by atoms with Crippen molar-refractivity contribution in [3.63, 3.8) is 0 Å². The molecule has 0 saturated heterocycles. The van der Waals surface area contributed by atoms with Crippen molar-refractivity contribution in [2.75, 3.05) is 21.6 Å². The second-order valence-corrected chi connectivity index (χ2v) is 10.2. The van der Waals surface area contributed by atoms with Gasteiger partial charge in [0.2, 0.25) is 10.0 Å². The number of halogens is 4. The van der Waals surface area contributed by atoms with Gasteiger partial charge in [-0.25, -0.2) is 17.6 Å². The molecule has 0 heterocycles. The second-order valence-electron chi connectivity index (χ2n) is 7.31. The highest BCUT2D eigenvalue weighted by Gasteiger charge is 2.30. The lowest BCUT2D eigenvalue weighted by molar-refractivity contribution is -0.0329. The highest BCUT2D eigenvalue weighted by Crippen LogP contribution is 2.39. The van der Waals surface area contributed by atoms with Crippen molar-refractivity contribution >= 4 is 44.9 Å². The van der Waals surface area contributed by atoms with E-state index >= 15 is 0 Å². The van der Waals surface area contributed by atoms with Gasteiger partial charge in [0.1, 0.15) is 23.9 Å². The minimum absolute atomic E-state index is 0.00129. The molecule has 0 aliphatic heterocycles. The molecule has 4 N–H and O–H groups in total. The van der Waals surface area contributed by atoms with E-state index < -0.39 is 44.0 Å². The Morgan fingerprint density at radius 1 is 1.00 bits per heavy atom. The summed E-state index contributed by atoms with van der Waals surface area (Å²) in [5, 5.41) is 14.8. The monoisotopic (exact) mass is 545 g/mol. The predicted molar refractivity (Wildman–Crippen MR) is 128 cm³/mol. The summed E-state index contributed by atoms with van der Waals surface area (Å²) >= 11 is -0.548. The van der Waals surface area contributed by atoms with Crippen LogP contribution in [0.15, 0.2) is 65.6 Å². The lowest BCUT2D eigenvalue weighted by Crippen LogP contribution is -2.19. The number of thioether (sulfide) groups is 1. The van der Waals surface area contributed by atoms with Crippen LogP contribution in [0.5, 0.6) is 11.5 Å². The number of amides is 2. The Bertz CT molecular complexity index is 1350. The summed E-state index contributed by atoms with van der Waals surface area (Å²) in [4.78, 5) is 11.7. The summed E-state index contributed by atoms with van der Waals surface area (Å²) < 4.78 is 81.3. The zero-order chi connectivity index (χ0) is 26.5. The number of carbonyl (C=O) groups is 1. The molecule has 3 aromatic rings. The van der Waals surface area contributed by atoms with Gasteiger partial charge in [0.15, 0.2) is 0 Å². The summed E-state index contributed by atoms with van der Waals surface area (Å²) in [6.45, 7) is 0.00129. The van der Waals surface area contributed by atoms with Gasteiger partial charge in [0, 0.05) is 17.4 Å². The van der Waals surface area contributed by atoms with Crippen LogP contribution in [0.3, 0.4) is 0 Å². The molecule has 0 aliphatic rings. The van der Waals surface area contributed by atoms with E-state index in [1.165, 1.54) is 24.3 Å². The number of hydrogen-bond acceptors (Lipinski definition) is 6. The van der Waals surface area contributed by atoms with Crippen LogP contribution in [0, 0.1) is 5.82 Å². The Kier molecular flexibility index (Phi) is 8.20. The van der Waals surface area contributed by atoms with Crippen molar-refractivity contribution in [3.05, 3.63) is 72.0 Å². The number of benzene rings is 3. The molecule has 2 amide bonds. The van der Waals surface area contributed by atoms with Crippen LogP contribution in [-0.2, 0) is 16.6 Å². The number of ether oxygens (including phenoxy) is 1. The molecule has 0 atom stereocenters. The number of alkyl halides is 3. The number of hydrogen-bond donors (Lipinski definition) is 4. The molecule has 3 rings (SSSR count). The first kappa shape index (κ1) is 26.9. The van der Waals surface area contributed by atoms with Crippen LogP contribution in [0.4, 0.5) is 39.4 Å². The Morgan fingerprint density at radius 3 is 2.25 bits per heavy atom. The zero-order valence-electron chi connectivity index (χ0n) is 18.4. The summed E-state index contributed by atoms with van der Waals surface area (Å²) in [7, 11) is -3.64. The predicted octanol–water partition coefficient (Wildman–Crippen LogP) is 5.74. The average molecular weight is 546 g/mol. The Labute approximate surface area is 207 Å². The van der Waals surface area contributed by atoms with Crippen molar-refractivity contribution in [2.45, 2.75) is 17.0 Å². The van der Waals surface area contributed by atoms with E-state index in [0.29, 0.717) is 11.3 Å². The van der Waals surface area contributed by atoms with Crippen LogP contribution in [0.1, 0.15) is 5.56 Å². The molecule has 0 aliphatic carbocycles. The van der Waals surface area contributed by atoms with E-state index in [9.17, 15) is 35.9 Å². The number of carbonyl (C=O) groups excluding carboxylic acids is 1. The molecule has 0 saturated carbocycles. The van der Waals surface area contributed by atoms with Crippen LogP contribution < -0.4 is 20.1 Å². The Hall–Kier alpha value is -3.65. The topological polar surface area (TPSA) is 117 Å². The molecule has 0 fully saturated rings. The minimum Gasteiger partial charge on any atom is -0.506 e. The lowest BCUT2D eigenvalue weighted by Gasteiger charge is -2.12. The van der Waals surface area contributed by atoms with Crippen LogP contribution in [-0.4, -0.2) is 31.3 Å². The molecule has 0 radical (unpaired) electrons. The van der Waals surface area contributed by atoms with Crippen molar-refractivity contribution in [1.82, 2.24) is 0 Å². The van der Waals surface area contributed by atoms with Crippen LogP contribution >= 0.6 is 11.8 Å². The third-order valence-electron chi connectivity index (χ3n) is 4.30. The maximum absolute atomic E-state index is 13.9. The molecular weight excluding hydrogens is 526 g/mol.